The molecule has 6 aromatic rings. The predicted molar refractivity (Wildman–Crippen MR) is 186 cm³/mol. The monoisotopic (exact) mass is 644 g/mol. The van der Waals surface area contributed by atoms with Gasteiger partial charge in [0, 0.05) is 34.3 Å². The lowest BCUT2D eigenvalue weighted by molar-refractivity contribution is 0.104. The van der Waals surface area contributed by atoms with E-state index in [4.69, 9.17) is 9.72 Å². The summed E-state index contributed by atoms with van der Waals surface area (Å²) in [5.41, 5.74) is 5.09. The maximum Gasteiger partial charge on any atom is 0.229 e. The Hall–Kier alpha value is -5.74. The van der Waals surface area contributed by atoms with E-state index in [1.54, 1.807) is 18.2 Å². The van der Waals surface area contributed by atoms with Gasteiger partial charge in [-0.25, -0.2) is 18.4 Å². The minimum Gasteiger partial charge on any atom is -0.508 e. The fraction of sp³-hybridized carbons (Fsp3) is 0.108. The number of phenolic OH excluding ortho intramolecular Hbond substituents is 1. The van der Waals surface area contributed by atoms with Gasteiger partial charge >= 0.3 is 0 Å². The number of carbonyl (C=O) groups is 1. The average Bonchev–Trinajstić information content (AvgIpc) is 3.05. The number of ether oxygens (including phenoxy) is 1. The third kappa shape index (κ3) is 6.23. The minimum absolute atomic E-state index is 0.112. The van der Waals surface area contributed by atoms with Crippen molar-refractivity contribution in [1.29, 1.82) is 0 Å². The topological polar surface area (TPSA) is 131 Å². The number of nitrogens with one attached hydrogen (secondary N) is 2. The van der Waals surface area contributed by atoms with Gasteiger partial charge in [0.1, 0.15) is 22.8 Å². The van der Waals surface area contributed by atoms with Crippen molar-refractivity contribution in [3.8, 4) is 39.6 Å². The number of hydrogen-bond donors (Lipinski definition) is 3. The molecule has 0 unspecified atom stereocenters. The van der Waals surface area contributed by atoms with Gasteiger partial charge < -0.3 is 15.2 Å². The standard InChI is InChI=1S/C35H26N4O5S.C2H6/c1-20-9-8-14-31(36-20)37-29-19-30(44-22-10-4-3-5-11-22)34-32-26(23-12-6-7-13-24(23)35(41)33(29)32)18-27(38-34)25-16-15-21(40)17-28(25)39-45(2,42)43;1-2/h3-19,39-40H,1-2H3,(H,36,37);1-2H3. The average molecular weight is 645 g/mol. The molecule has 2 heterocycles. The first-order valence-corrected chi connectivity index (χ1v) is 16.9. The minimum atomic E-state index is -3.69. The SMILES string of the molecule is CC.Cc1cccc(Nc2cc(Oc3ccccc3)c3nc(-c4ccc(O)cc4NS(C)(=O)=O)cc4c3c2C(=O)c2ccccc2-4)n1. The van der Waals surface area contributed by atoms with E-state index in [2.05, 4.69) is 15.0 Å². The van der Waals surface area contributed by atoms with Gasteiger partial charge in [-0.3, -0.25) is 9.52 Å². The number of nitrogens with zero attached hydrogens (tertiary/aromatic N) is 2. The Kier molecular flexibility index (Phi) is 8.36. The van der Waals surface area contributed by atoms with E-state index >= 15 is 0 Å². The van der Waals surface area contributed by atoms with Gasteiger partial charge in [0.25, 0.3) is 0 Å². The van der Waals surface area contributed by atoms with Crippen LogP contribution in [0.4, 0.5) is 17.2 Å². The fourth-order valence-corrected chi connectivity index (χ4v) is 6.17. The van der Waals surface area contributed by atoms with Crippen LogP contribution in [0.15, 0.2) is 103 Å². The molecule has 3 N–H and O–H groups in total. The summed E-state index contributed by atoms with van der Waals surface area (Å²) >= 11 is 0. The Morgan fingerprint density at radius 3 is 2.19 bits per heavy atom. The van der Waals surface area contributed by atoms with E-state index in [9.17, 15) is 18.3 Å². The number of para-hydroxylation sites is 1. The van der Waals surface area contributed by atoms with Gasteiger partial charge in [-0.1, -0.05) is 62.4 Å². The van der Waals surface area contributed by atoms with Crippen LogP contribution in [-0.2, 0) is 10.0 Å². The molecule has 0 radical (unpaired) electrons. The lowest BCUT2D eigenvalue weighted by atomic mass is 9.82. The zero-order chi connectivity index (χ0) is 33.3. The maximum absolute atomic E-state index is 14.2. The zero-order valence-electron chi connectivity index (χ0n) is 26.2. The predicted octanol–water partition coefficient (Wildman–Crippen LogP) is 8.46. The molecule has 0 fully saturated rings. The number of sulfonamides is 1. The molecule has 0 atom stereocenters. The van der Waals surface area contributed by atoms with Gasteiger partial charge in [0.15, 0.2) is 11.5 Å². The second-order valence-electron chi connectivity index (χ2n) is 10.8. The molecule has 10 heteroatoms. The molecule has 0 saturated carbocycles. The van der Waals surface area contributed by atoms with Crippen LogP contribution < -0.4 is 14.8 Å². The highest BCUT2D eigenvalue weighted by Gasteiger charge is 2.31. The number of aromatic nitrogens is 2. The normalized spacial score (nSPS) is 11.7. The van der Waals surface area contributed by atoms with Crippen molar-refractivity contribution in [3.63, 3.8) is 0 Å². The number of ketones is 1. The highest BCUT2D eigenvalue weighted by atomic mass is 32.2. The summed E-state index contributed by atoms with van der Waals surface area (Å²) in [5.74, 6) is 1.21. The summed E-state index contributed by atoms with van der Waals surface area (Å²) in [5, 5.41) is 14.1. The molecular formula is C37H32N4O5S. The molecule has 4 aromatic carbocycles. The van der Waals surface area contributed by atoms with Gasteiger partial charge in [0.05, 0.1) is 28.9 Å². The molecule has 0 amide bonds. The largest absolute Gasteiger partial charge is 0.508 e. The smallest absolute Gasteiger partial charge is 0.229 e. The molecular weight excluding hydrogens is 612 g/mol. The molecule has 0 saturated heterocycles. The molecule has 9 nitrogen and oxygen atoms in total. The van der Waals surface area contributed by atoms with Crippen LogP contribution in [0.5, 0.6) is 17.2 Å². The molecule has 7 rings (SSSR count). The van der Waals surface area contributed by atoms with Crippen LogP contribution >= 0.6 is 0 Å². The van der Waals surface area contributed by atoms with Crippen molar-refractivity contribution in [3.05, 3.63) is 120 Å². The third-order valence-corrected chi connectivity index (χ3v) is 8.02. The number of anilines is 3. The van der Waals surface area contributed by atoms with Crippen molar-refractivity contribution in [2.45, 2.75) is 20.8 Å². The maximum atomic E-state index is 14.2. The summed E-state index contributed by atoms with van der Waals surface area (Å²) < 4.78 is 33.5. The Labute approximate surface area is 273 Å². The number of aromatic hydroxyl groups is 1. The number of rotatable bonds is 7. The second-order valence-corrected chi connectivity index (χ2v) is 12.5. The second kappa shape index (κ2) is 12.6. The van der Waals surface area contributed by atoms with Gasteiger partial charge in [0.2, 0.25) is 10.0 Å². The van der Waals surface area contributed by atoms with Crippen molar-refractivity contribution < 1.29 is 23.1 Å². The summed E-state index contributed by atoms with van der Waals surface area (Å²) in [6.45, 7) is 5.89. The van der Waals surface area contributed by atoms with Crippen LogP contribution in [0.3, 0.4) is 0 Å². The first kappa shape index (κ1) is 31.3. The lowest BCUT2D eigenvalue weighted by Gasteiger charge is -2.25. The first-order chi connectivity index (χ1) is 22.6. The van der Waals surface area contributed by atoms with E-state index in [0.717, 1.165) is 17.5 Å². The molecule has 47 heavy (non-hydrogen) atoms. The van der Waals surface area contributed by atoms with E-state index in [1.165, 1.54) is 12.1 Å². The highest BCUT2D eigenvalue weighted by Crippen LogP contribution is 2.48. The van der Waals surface area contributed by atoms with E-state index in [0.29, 0.717) is 61.9 Å². The van der Waals surface area contributed by atoms with Crippen molar-refractivity contribution >= 4 is 43.9 Å². The van der Waals surface area contributed by atoms with Gasteiger partial charge in [-0.05, 0) is 60.5 Å². The Morgan fingerprint density at radius 1 is 0.745 bits per heavy atom. The van der Waals surface area contributed by atoms with Gasteiger partial charge in [-0.2, -0.15) is 0 Å². The molecule has 236 valence electrons. The number of hydrogen-bond acceptors (Lipinski definition) is 8. The zero-order valence-corrected chi connectivity index (χ0v) is 27.0. The fourth-order valence-electron chi connectivity index (χ4n) is 5.60. The first-order valence-electron chi connectivity index (χ1n) is 15.1. The molecule has 2 aromatic heterocycles. The van der Waals surface area contributed by atoms with E-state index in [-0.39, 0.29) is 17.2 Å². The van der Waals surface area contributed by atoms with E-state index < -0.39 is 10.0 Å². The van der Waals surface area contributed by atoms with Crippen molar-refractivity contribution in [2.75, 3.05) is 16.3 Å². The van der Waals surface area contributed by atoms with Crippen LogP contribution in [0.25, 0.3) is 33.3 Å². The summed E-state index contributed by atoms with van der Waals surface area (Å²) in [6.07, 6.45) is 1.04. The summed E-state index contributed by atoms with van der Waals surface area (Å²) in [6, 6.07) is 30.1. The number of fused-ring (bicyclic) bond motifs is 2. The quantitative estimate of drug-likeness (QED) is 0.158. The summed E-state index contributed by atoms with van der Waals surface area (Å²) in [4.78, 5) is 23.8. The van der Waals surface area contributed by atoms with Gasteiger partial charge in [-0.15, -0.1) is 0 Å². The Bertz CT molecular complexity index is 2270. The molecule has 0 bridgehead atoms. The Morgan fingerprint density at radius 2 is 1.47 bits per heavy atom. The molecule has 1 aliphatic carbocycles. The number of aryl methyl sites for hydroxylation is 1. The summed E-state index contributed by atoms with van der Waals surface area (Å²) in [7, 11) is -3.69. The van der Waals surface area contributed by atoms with Crippen LogP contribution in [0.1, 0.15) is 35.5 Å². The number of carbonyl (C=O) groups excluding carboxylic acids is 1. The molecule has 1 aliphatic rings. The highest BCUT2D eigenvalue weighted by molar-refractivity contribution is 7.92. The van der Waals surface area contributed by atoms with Crippen LogP contribution in [0.2, 0.25) is 0 Å². The number of phenols is 1. The van der Waals surface area contributed by atoms with E-state index in [1.807, 2.05) is 93.6 Å². The number of pyridine rings is 2. The van der Waals surface area contributed by atoms with Crippen LogP contribution in [0, 0.1) is 6.92 Å². The third-order valence-electron chi connectivity index (χ3n) is 7.43. The number of benzene rings is 4. The van der Waals surface area contributed by atoms with Crippen LogP contribution in [-0.4, -0.2) is 35.5 Å². The van der Waals surface area contributed by atoms with Crippen molar-refractivity contribution in [1.82, 2.24) is 9.97 Å². The Balaban J connectivity index is 0.00000190. The molecule has 0 aliphatic heterocycles. The lowest BCUT2D eigenvalue weighted by Crippen LogP contribution is -2.14. The molecule has 0 spiro atoms. The van der Waals surface area contributed by atoms with Crippen molar-refractivity contribution in [2.24, 2.45) is 0 Å².